The number of carbonyl (C=O) groups excluding carboxylic acids is 2. The SMILES string of the molecule is CCC1=C(C(=O)OCC2CCCCC2)C(c2ccc(NCCCCCN)cc2)NC(=O)N1. The summed E-state index contributed by atoms with van der Waals surface area (Å²) in [6, 6.07) is 7.08. The van der Waals surface area contributed by atoms with Gasteiger partial charge in [-0.15, -0.1) is 0 Å². The zero-order valence-corrected chi connectivity index (χ0v) is 19.3. The number of carbonyl (C=O) groups is 2. The van der Waals surface area contributed by atoms with E-state index in [1.54, 1.807) is 0 Å². The summed E-state index contributed by atoms with van der Waals surface area (Å²) in [5, 5.41) is 9.12. The number of urea groups is 1. The molecule has 1 aromatic rings. The summed E-state index contributed by atoms with van der Waals surface area (Å²) in [6.07, 6.45) is 9.70. The molecule has 1 fully saturated rings. The molecular weight excluding hydrogens is 404 g/mol. The number of rotatable bonds is 11. The summed E-state index contributed by atoms with van der Waals surface area (Å²) in [7, 11) is 0. The van der Waals surface area contributed by atoms with Gasteiger partial charge in [-0.05, 0) is 62.3 Å². The van der Waals surface area contributed by atoms with Gasteiger partial charge in [0.25, 0.3) is 0 Å². The molecule has 1 heterocycles. The fraction of sp³-hybridized carbons (Fsp3) is 0.600. The molecule has 176 valence electrons. The number of hydrogen-bond acceptors (Lipinski definition) is 5. The molecule has 0 radical (unpaired) electrons. The molecule has 1 atom stereocenters. The van der Waals surface area contributed by atoms with E-state index >= 15 is 0 Å². The number of esters is 1. The van der Waals surface area contributed by atoms with Gasteiger partial charge in [0.2, 0.25) is 0 Å². The van der Waals surface area contributed by atoms with Crippen molar-refractivity contribution in [1.82, 2.24) is 10.6 Å². The van der Waals surface area contributed by atoms with Gasteiger partial charge in [0.05, 0.1) is 18.2 Å². The minimum Gasteiger partial charge on any atom is -0.462 e. The Morgan fingerprint density at radius 1 is 1.12 bits per heavy atom. The van der Waals surface area contributed by atoms with E-state index in [2.05, 4.69) is 16.0 Å². The highest BCUT2D eigenvalue weighted by Gasteiger charge is 2.33. The maximum Gasteiger partial charge on any atom is 0.338 e. The maximum atomic E-state index is 13.1. The second kappa shape index (κ2) is 12.5. The zero-order chi connectivity index (χ0) is 22.8. The fourth-order valence-corrected chi connectivity index (χ4v) is 4.49. The highest BCUT2D eigenvalue weighted by molar-refractivity contribution is 5.95. The van der Waals surface area contributed by atoms with E-state index in [0.29, 0.717) is 30.2 Å². The average Bonchev–Trinajstić information content (AvgIpc) is 2.83. The van der Waals surface area contributed by atoms with Gasteiger partial charge < -0.3 is 26.4 Å². The standard InChI is InChI=1S/C25H38N4O3/c1-2-21-22(24(30)32-17-18-9-5-3-6-10-18)23(29-25(31)28-21)19-11-13-20(14-12-19)27-16-8-4-7-15-26/h11-14,18,23,27H,2-10,15-17,26H2,1H3,(H2,28,29,31). The number of nitrogens with two attached hydrogens (primary N) is 1. The first-order valence-corrected chi connectivity index (χ1v) is 12.1. The van der Waals surface area contributed by atoms with Crippen LogP contribution in [0, 0.1) is 5.92 Å². The van der Waals surface area contributed by atoms with Crippen molar-refractivity contribution in [2.24, 2.45) is 11.7 Å². The number of anilines is 1. The van der Waals surface area contributed by atoms with Gasteiger partial charge in [-0.2, -0.15) is 0 Å². The predicted octanol–water partition coefficient (Wildman–Crippen LogP) is 4.37. The minimum absolute atomic E-state index is 0.294. The minimum atomic E-state index is -0.517. The van der Waals surface area contributed by atoms with Gasteiger partial charge in [-0.25, -0.2) is 9.59 Å². The summed E-state index contributed by atoms with van der Waals surface area (Å²) in [4.78, 5) is 25.4. The van der Waals surface area contributed by atoms with Crippen molar-refractivity contribution in [1.29, 1.82) is 0 Å². The van der Waals surface area contributed by atoms with E-state index in [9.17, 15) is 9.59 Å². The third-order valence-corrected chi connectivity index (χ3v) is 6.36. The molecule has 1 saturated carbocycles. The molecule has 0 bridgehead atoms. The Morgan fingerprint density at radius 3 is 2.56 bits per heavy atom. The van der Waals surface area contributed by atoms with E-state index < -0.39 is 6.04 Å². The van der Waals surface area contributed by atoms with E-state index in [4.69, 9.17) is 10.5 Å². The molecular formula is C25H38N4O3. The molecule has 0 aromatic heterocycles. The molecule has 1 unspecified atom stereocenters. The first kappa shape index (κ1) is 24.1. The van der Waals surface area contributed by atoms with Crippen LogP contribution in [0.3, 0.4) is 0 Å². The van der Waals surface area contributed by atoms with Crippen LogP contribution >= 0.6 is 0 Å². The second-order valence-electron chi connectivity index (χ2n) is 8.78. The van der Waals surface area contributed by atoms with E-state index in [1.165, 1.54) is 19.3 Å². The Labute approximate surface area is 191 Å². The third kappa shape index (κ3) is 6.73. The van der Waals surface area contributed by atoms with Crippen molar-refractivity contribution in [3.05, 3.63) is 41.1 Å². The van der Waals surface area contributed by atoms with Crippen LogP contribution in [-0.2, 0) is 9.53 Å². The number of nitrogens with one attached hydrogen (secondary N) is 3. The summed E-state index contributed by atoms with van der Waals surface area (Å²) in [5.41, 5.74) is 8.56. The number of ether oxygens (including phenoxy) is 1. The predicted molar refractivity (Wildman–Crippen MR) is 127 cm³/mol. The summed E-state index contributed by atoms with van der Waals surface area (Å²) in [5.74, 6) is 0.102. The van der Waals surface area contributed by atoms with Gasteiger partial charge in [0, 0.05) is 17.9 Å². The number of unbranched alkanes of at least 4 members (excludes halogenated alkanes) is 2. The lowest BCUT2D eigenvalue weighted by atomic mass is 9.90. The van der Waals surface area contributed by atoms with Crippen molar-refractivity contribution in [3.8, 4) is 0 Å². The molecule has 0 spiro atoms. The number of hydrogen-bond donors (Lipinski definition) is 4. The highest BCUT2D eigenvalue weighted by Crippen LogP contribution is 2.30. The first-order chi connectivity index (χ1) is 15.6. The lowest BCUT2D eigenvalue weighted by Crippen LogP contribution is -2.46. The molecule has 0 saturated heterocycles. The summed E-state index contributed by atoms with van der Waals surface area (Å²) >= 11 is 0. The molecule has 7 nitrogen and oxygen atoms in total. The van der Waals surface area contributed by atoms with Gasteiger partial charge in [0.1, 0.15) is 0 Å². The van der Waals surface area contributed by atoms with Crippen molar-refractivity contribution < 1.29 is 14.3 Å². The van der Waals surface area contributed by atoms with Gasteiger partial charge in [-0.1, -0.05) is 44.7 Å². The molecule has 1 aliphatic carbocycles. The van der Waals surface area contributed by atoms with Crippen LogP contribution < -0.4 is 21.7 Å². The Hall–Kier alpha value is -2.54. The van der Waals surface area contributed by atoms with Crippen LogP contribution in [0.2, 0.25) is 0 Å². The second-order valence-corrected chi connectivity index (χ2v) is 8.78. The molecule has 5 N–H and O–H groups in total. The molecule has 2 aliphatic rings. The Kier molecular flexibility index (Phi) is 9.41. The van der Waals surface area contributed by atoms with Crippen molar-refractivity contribution in [3.63, 3.8) is 0 Å². The van der Waals surface area contributed by atoms with Crippen molar-refractivity contribution >= 4 is 17.7 Å². The molecule has 3 rings (SSSR count). The van der Waals surface area contributed by atoms with Crippen LogP contribution in [0.4, 0.5) is 10.5 Å². The monoisotopic (exact) mass is 442 g/mol. The molecule has 7 heteroatoms. The molecule has 2 amide bonds. The molecule has 1 aliphatic heterocycles. The van der Waals surface area contributed by atoms with Crippen molar-refractivity contribution in [2.75, 3.05) is 25.0 Å². The number of allylic oxidation sites excluding steroid dienone is 1. The van der Waals surface area contributed by atoms with Gasteiger partial charge in [0.15, 0.2) is 0 Å². The molecule has 32 heavy (non-hydrogen) atoms. The smallest absolute Gasteiger partial charge is 0.338 e. The van der Waals surface area contributed by atoms with Crippen molar-refractivity contribution in [2.45, 2.75) is 70.8 Å². The number of benzene rings is 1. The van der Waals surface area contributed by atoms with E-state index in [0.717, 1.165) is 56.4 Å². The van der Waals surface area contributed by atoms with Gasteiger partial charge >= 0.3 is 12.0 Å². The topological polar surface area (TPSA) is 105 Å². The third-order valence-electron chi connectivity index (χ3n) is 6.36. The normalized spacial score (nSPS) is 19.3. The van der Waals surface area contributed by atoms with Crippen LogP contribution in [0.5, 0.6) is 0 Å². The maximum absolute atomic E-state index is 13.1. The Bertz CT molecular complexity index is 785. The number of amides is 2. The van der Waals surface area contributed by atoms with Crippen LogP contribution in [-0.4, -0.2) is 31.7 Å². The summed E-state index contributed by atoms with van der Waals surface area (Å²) in [6.45, 7) is 4.01. The van der Waals surface area contributed by atoms with E-state index in [-0.39, 0.29) is 12.0 Å². The highest BCUT2D eigenvalue weighted by atomic mass is 16.5. The fourth-order valence-electron chi connectivity index (χ4n) is 4.49. The van der Waals surface area contributed by atoms with Gasteiger partial charge in [-0.3, -0.25) is 0 Å². The van der Waals surface area contributed by atoms with Crippen LogP contribution in [0.1, 0.15) is 76.3 Å². The lowest BCUT2D eigenvalue weighted by molar-refractivity contribution is -0.141. The lowest BCUT2D eigenvalue weighted by Gasteiger charge is -2.30. The Morgan fingerprint density at radius 2 is 1.88 bits per heavy atom. The summed E-state index contributed by atoms with van der Waals surface area (Å²) < 4.78 is 5.74. The quantitative estimate of drug-likeness (QED) is 0.301. The van der Waals surface area contributed by atoms with Crippen LogP contribution in [0.15, 0.2) is 35.5 Å². The Balaban J connectivity index is 1.68. The van der Waals surface area contributed by atoms with Crippen LogP contribution in [0.25, 0.3) is 0 Å². The zero-order valence-electron chi connectivity index (χ0n) is 19.3. The average molecular weight is 443 g/mol. The molecule has 1 aromatic carbocycles. The largest absolute Gasteiger partial charge is 0.462 e. The van der Waals surface area contributed by atoms with E-state index in [1.807, 2.05) is 31.2 Å². The first-order valence-electron chi connectivity index (χ1n) is 12.1.